The molecule has 6 heterocycles. The summed E-state index contributed by atoms with van der Waals surface area (Å²) in [7, 11) is 0. The van der Waals surface area contributed by atoms with Crippen molar-refractivity contribution in [2.24, 2.45) is 50.2 Å². The van der Waals surface area contributed by atoms with Crippen molar-refractivity contribution in [3.63, 3.8) is 0 Å². The Morgan fingerprint density at radius 2 is 1.07 bits per heavy atom. The predicted octanol–water partition coefficient (Wildman–Crippen LogP) is -1.42. The van der Waals surface area contributed by atoms with Crippen LogP contribution < -0.4 is 0 Å². The van der Waals surface area contributed by atoms with Crippen molar-refractivity contribution >= 4 is 17.9 Å². The molecule has 0 amide bonds. The number of carbonyl (C=O) groups excluding carboxylic acids is 2. The largest absolute Gasteiger partial charge is 0.479 e. The highest BCUT2D eigenvalue weighted by molar-refractivity contribution is 5.88. The van der Waals surface area contributed by atoms with Crippen LogP contribution in [0.2, 0.25) is 0 Å². The molecule has 0 aromatic heterocycles. The van der Waals surface area contributed by atoms with Crippen LogP contribution in [0, 0.1) is 50.2 Å². The van der Waals surface area contributed by atoms with Crippen LogP contribution in [0.5, 0.6) is 0 Å². The van der Waals surface area contributed by atoms with Gasteiger partial charge in [0.25, 0.3) is 0 Å². The molecule has 32 heteroatoms. The van der Waals surface area contributed by atoms with Crippen molar-refractivity contribution in [1.29, 1.82) is 0 Å². The molecule has 0 radical (unpaired) electrons. The summed E-state index contributed by atoms with van der Waals surface area (Å²) in [5.41, 5.74) is -5.42. The SMILES string of the molecule is CC=C(C)C(=O)O[C@H]1[C@H](OC(=O)CCc2ccccc2)[C@@]23C(CC1(C)C)[C@]1(CCC4[C@@]5(C)CC[C@H](O[C@@H]6OC(C(=O)O)[C@@H](O)C(O[C@@H]7OC(CO)[C@H](O)C(O)[C@@H]7OC7O[C@@H](C)C(O)[C@H](O)C7OC7O[C@@H](C)[C@H](O)C(O)[C@@H]7O)[C@@H]6O[C@@H]6OC(CO)[C@@H](O)C(O)[C@@H]6O)C(C)(C)C5CC[C@@]4(C)[C@]1(C)C[C@H]2O)O[C@@H]3O. The minimum Gasteiger partial charge on any atom is -0.479 e. The van der Waals surface area contributed by atoms with Gasteiger partial charge in [0.1, 0.15) is 110 Å². The lowest BCUT2D eigenvalue weighted by atomic mass is 9.30. The number of carbonyl (C=O) groups is 3. The minimum atomic E-state index is -2.37. The standard InChI is InChI=1S/C74H112O32/c1-12-30(2)61(92)105-58-59(99-41(78)19-18-33-16-14-13-15-17-33)74-38(26-68(58,5)6)73(106-67(74)93)25-21-37-70(9)23-22-40(69(7,8)36(70)20-24-71(37,10)72(73,11)27-39(74)77)98-66-57(104-63-51(88)47(84)44(81)34(28-75)96-63)53(52(89)54(101-66)60(90)91)100-65-56(49(86)45(82)35(29-76)97-65)103-64-55(48(85)43(80)32(4)95-64)102-62-50(87)46(83)42(79)31(3)94-62/h12-17,31-32,34-40,42-59,62-67,75-77,79-89,93H,18-29H2,1-11H3,(H,90,91)/t31-,32-,34?,35?,36?,37?,38?,39+,40-,42-,43?,44+,45-,46?,47?,48-,49?,50-,51-,52-,53?,54?,55?,56-,57-,58-,59-,62?,63-,64?,65-,66+,67-,70-,71+,72-,73-,74+/m0/s1. The Bertz CT molecular complexity index is 3290. The first-order chi connectivity index (χ1) is 49.7. The number of fused-ring (bicyclic) bond motifs is 4. The lowest BCUT2D eigenvalue weighted by Crippen LogP contribution is -2.77. The van der Waals surface area contributed by atoms with Gasteiger partial charge in [-0.15, -0.1) is 0 Å². The topological polar surface area (TPSA) is 495 Å². The highest BCUT2D eigenvalue weighted by Crippen LogP contribution is 2.82. The minimum absolute atomic E-state index is 0.0414. The number of allylic oxidation sites excluding steroid dienone is 1. The zero-order valence-corrected chi connectivity index (χ0v) is 61.7. The van der Waals surface area contributed by atoms with Crippen molar-refractivity contribution in [3.05, 3.63) is 47.5 Å². The predicted molar refractivity (Wildman–Crippen MR) is 358 cm³/mol. The molecule has 1 aromatic rings. The summed E-state index contributed by atoms with van der Waals surface area (Å²) in [4.78, 5) is 41.8. The first kappa shape index (κ1) is 81.8. The normalized spacial score (nSPS) is 51.2. The number of hydrogen-bond acceptors (Lipinski definition) is 31. The first-order valence-electron chi connectivity index (χ1n) is 37.3. The lowest BCUT2D eigenvalue weighted by Gasteiger charge is -2.75. The Morgan fingerprint density at radius 3 is 1.69 bits per heavy atom. The maximum atomic E-state index is 14.4. The van der Waals surface area contributed by atoms with Gasteiger partial charge in [0.2, 0.25) is 0 Å². The van der Waals surface area contributed by atoms with Gasteiger partial charge in [-0.3, -0.25) is 4.79 Å². The number of aliphatic carboxylic acids is 1. The van der Waals surface area contributed by atoms with E-state index in [9.17, 15) is 96.1 Å². The van der Waals surface area contributed by atoms with Gasteiger partial charge in [-0.25, -0.2) is 9.59 Å². The molecule has 1 aromatic carbocycles. The van der Waals surface area contributed by atoms with E-state index in [2.05, 4.69) is 20.8 Å². The van der Waals surface area contributed by atoms with Crippen LogP contribution in [0.15, 0.2) is 42.0 Å². The van der Waals surface area contributed by atoms with Gasteiger partial charge in [-0.05, 0) is 119 Å². The molecule has 106 heavy (non-hydrogen) atoms. The van der Waals surface area contributed by atoms with E-state index in [-0.39, 0.29) is 31.1 Å². The Morgan fingerprint density at radius 1 is 0.538 bits per heavy atom. The number of aliphatic hydroxyl groups excluding tert-OH is 15. The van der Waals surface area contributed by atoms with E-state index in [1.807, 2.05) is 58.0 Å². The van der Waals surface area contributed by atoms with Crippen LogP contribution in [0.25, 0.3) is 0 Å². The smallest absolute Gasteiger partial charge is 0.335 e. The molecule has 600 valence electrons. The van der Waals surface area contributed by atoms with Crippen molar-refractivity contribution in [1.82, 2.24) is 0 Å². The summed E-state index contributed by atoms with van der Waals surface area (Å²) in [5, 5.41) is 183. The van der Waals surface area contributed by atoms with Crippen LogP contribution >= 0.6 is 0 Å². The fourth-order valence-electron chi connectivity index (χ4n) is 21.3. The number of carboxylic acids is 1. The summed E-state index contributed by atoms with van der Waals surface area (Å²) in [6.07, 6.45) is -49.6. The third kappa shape index (κ3) is 13.3. The van der Waals surface area contributed by atoms with Crippen LogP contribution in [-0.2, 0) is 82.4 Å². The van der Waals surface area contributed by atoms with Gasteiger partial charge in [0, 0.05) is 28.7 Å². The van der Waals surface area contributed by atoms with Crippen molar-refractivity contribution in [2.45, 2.75) is 330 Å². The Kier molecular flexibility index (Phi) is 23.4. The Balaban J connectivity index is 0.852. The third-order valence-electron chi connectivity index (χ3n) is 27.5. The lowest BCUT2D eigenvalue weighted by molar-refractivity contribution is -0.412. The summed E-state index contributed by atoms with van der Waals surface area (Å²) in [6, 6.07) is 9.41. The fraction of sp³-hybridized carbons (Fsp3) is 0.851. The number of hydrogen-bond donors (Lipinski definition) is 16. The molecule has 16 N–H and O–H groups in total. The molecule has 12 rings (SSSR count). The van der Waals surface area contributed by atoms with Crippen molar-refractivity contribution < 1.29 is 158 Å². The Labute approximate surface area is 614 Å². The molecule has 11 aliphatic rings. The van der Waals surface area contributed by atoms with Gasteiger partial charge in [0.05, 0.1) is 48.6 Å². The molecule has 5 saturated carbocycles. The zero-order chi connectivity index (χ0) is 77.4. The molecule has 14 unspecified atom stereocenters. The molecule has 11 fully saturated rings. The van der Waals surface area contributed by atoms with Crippen molar-refractivity contribution in [2.75, 3.05) is 13.2 Å². The molecule has 1 spiro atoms. The summed E-state index contributed by atoms with van der Waals surface area (Å²) in [5.74, 6) is -3.96. The number of rotatable bonds is 19. The molecular formula is C74H112O32. The van der Waals surface area contributed by atoms with Crippen LogP contribution in [0.3, 0.4) is 0 Å². The van der Waals surface area contributed by atoms with E-state index in [4.69, 9.17) is 61.6 Å². The highest BCUT2D eigenvalue weighted by atomic mass is 16.8. The molecule has 2 bridgehead atoms. The van der Waals surface area contributed by atoms with Crippen molar-refractivity contribution in [3.8, 4) is 0 Å². The van der Waals surface area contributed by atoms with Crippen LogP contribution in [0.1, 0.15) is 140 Å². The third-order valence-corrected chi connectivity index (χ3v) is 27.5. The average molecular weight is 1510 g/mol. The second-order valence-electron chi connectivity index (χ2n) is 33.9. The number of aryl methyl sites for hydroxylation is 1. The maximum Gasteiger partial charge on any atom is 0.335 e. The highest BCUT2D eigenvalue weighted by Gasteiger charge is 2.86. The number of ether oxygens (including phenoxy) is 13. The van der Waals surface area contributed by atoms with Gasteiger partial charge in [-0.1, -0.05) is 84.9 Å². The maximum absolute atomic E-state index is 14.4. The van der Waals surface area contributed by atoms with E-state index in [0.29, 0.717) is 50.5 Å². The molecule has 6 saturated heterocycles. The first-order valence-corrected chi connectivity index (χ1v) is 37.3. The molecule has 5 aliphatic carbocycles. The fourth-order valence-corrected chi connectivity index (χ4v) is 21.3. The van der Waals surface area contributed by atoms with Crippen LogP contribution in [-0.4, -0.2) is 303 Å². The zero-order valence-electron chi connectivity index (χ0n) is 61.7. The number of aliphatic hydroxyl groups is 15. The monoisotopic (exact) mass is 1510 g/mol. The molecule has 38 atom stereocenters. The second-order valence-corrected chi connectivity index (χ2v) is 33.9. The van der Waals surface area contributed by atoms with E-state index < -0.39 is 259 Å². The van der Waals surface area contributed by atoms with E-state index in [0.717, 1.165) is 5.56 Å². The molecular weight excluding hydrogens is 1400 g/mol. The number of esters is 2. The summed E-state index contributed by atoms with van der Waals surface area (Å²) < 4.78 is 82.3. The quantitative estimate of drug-likeness (QED) is 0.0429. The van der Waals surface area contributed by atoms with E-state index in [1.54, 1.807) is 19.9 Å². The van der Waals surface area contributed by atoms with Gasteiger partial charge >= 0.3 is 17.9 Å². The number of benzene rings is 1. The van der Waals surface area contributed by atoms with Gasteiger partial charge < -0.3 is 143 Å². The molecule has 6 aliphatic heterocycles. The van der Waals surface area contributed by atoms with Gasteiger partial charge in [-0.2, -0.15) is 0 Å². The second kappa shape index (κ2) is 30.3. The molecule has 32 nitrogen and oxygen atoms in total. The van der Waals surface area contributed by atoms with Crippen LogP contribution in [0.4, 0.5) is 0 Å². The van der Waals surface area contributed by atoms with E-state index in [1.165, 1.54) is 13.8 Å². The summed E-state index contributed by atoms with van der Waals surface area (Å²) in [6.45, 7) is 18.6. The van der Waals surface area contributed by atoms with Gasteiger partial charge in [0.15, 0.2) is 49.9 Å². The summed E-state index contributed by atoms with van der Waals surface area (Å²) >= 11 is 0. The average Bonchev–Trinajstić information content (AvgIpc) is 1.39. The number of carboxylic acid groups (broad SMARTS) is 1. The van der Waals surface area contributed by atoms with E-state index >= 15 is 0 Å². The Hall–Kier alpha value is -3.67.